The van der Waals surface area contributed by atoms with Gasteiger partial charge in [-0.1, -0.05) is 0 Å². The van der Waals surface area contributed by atoms with Crippen molar-refractivity contribution < 1.29 is 22.6 Å². The van der Waals surface area contributed by atoms with E-state index in [1.807, 2.05) is 0 Å². The summed E-state index contributed by atoms with van der Waals surface area (Å²) in [6.07, 6.45) is -3.46. The van der Waals surface area contributed by atoms with Crippen molar-refractivity contribution in [1.82, 2.24) is 10.3 Å². The first-order valence-corrected chi connectivity index (χ1v) is 5.74. The predicted molar refractivity (Wildman–Crippen MR) is 60.2 cm³/mol. The maximum absolute atomic E-state index is 12.3. The van der Waals surface area contributed by atoms with Crippen molar-refractivity contribution >= 4 is 0 Å². The van der Waals surface area contributed by atoms with E-state index in [1.165, 1.54) is 6.07 Å². The molecule has 0 saturated carbocycles. The van der Waals surface area contributed by atoms with Crippen molar-refractivity contribution in [3.05, 3.63) is 23.9 Å². The second-order valence-corrected chi connectivity index (χ2v) is 4.14. The summed E-state index contributed by atoms with van der Waals surface area (Å²) in [5.41, 5.74) is 4.68. The molecule has 1 aliphatic heterocycles. The lowest BCUT2D eigenvalue weighted by Crippen LogP contribution is -2.37. The lowest BCUT2D eigenvalue weighted by atomic mass is 10.2. The fraction of sp³-hybridized carbons (Fsp3) is 0.545. The molecule has 1 aliphatic rings. The Balaban J connectivity index is 1.77. The number of hydrogen-bond donors (Lipinski definition) is 2. The molecule has 0 bridgehead atoms. The van der Waals surface area contributed by atoms with Crippen LogP contribution in [0, 0.1) is 0 Å². The molecule has 0 radical (unpaired) electrons. The zero-order valence-electron chi connectivity index (χ0n) is 9.98. The molecule has 19 heavy (non-hydrogen) atoms. The molecule has 2 rings (SSSR count). The first-order valence-electron chi connectivity index (χ1n) is 5.74. The van der Waals surface area contributed by atoms with Crippen molar-refractivity contribution in [3.63, 3.8) is 0 Å². The van der Waals surface area contributed by atoms with Gasteiger partial charge >= 0.3 is 6.18 Å². The van der Waals surface area contributed by atoms with Crippen molar-refractivity contribution in [2.45, 2.75) is 25.0 Å². The zero-order valence-corrected chi connectivity index (χ0v) is 9.98. The van der Waals surface area contributed by atoms with Crippen LogP contribution in [-0.4, -0.2) is 30.6 Å². The fourth-order valence-corrected chi connectivity index (χ4v) is 1.65. The summed E-state index contributed by atoms with van der Waals surface area (Å²) in [7, 11) is 0. The molecule has 1 aromatic heterocycles. The van der Waals surface area contributed by atoms with E-state index in [0.29, 0.717) is 19.6 Å². The van der Waals surface area contributed by atoms with E-state index in [0.717, 1.165) is 12.3 Å². The number of nitrogens with two attached hydrogens (primary N) is 1. The van der Waals surface area contributed by atoms with Crippen molar-refractivity contribution in [2.75, 3.05) is 13.2 Å². The Labute approximate surface area is 107 Å². The SMILES string of the molecule is NC1N[C@@H](CCOc2ccc(C(F)(F)F)cn2)CO1. The number of aromatic nitrogens is 1. The molecular weight excluding hydrogens is 263 g/mol. The molecule has 2 heterocycles. The average Bonchev–Trinajstić information content (AvgIpc) is 2.75. The Kier molecular flexibility index (Phi) is 4.23. The third-order valence-electron chi connectivity index (χ3n) is 2.66. The third-order valence-corrected chi connectivity index (χ3v) is 2.66. The van der Waals surface area contributed by atoms with E-state index >= 15 is 0 Å². The van der Waals surface area contributed by atoms with E-state index in [9.17, 15) is 13.2 Å². The first kappa shape index (κ1) is 14.0. The number of halogens is 3. The molecule has 0 amide bonds. The van der Waals surface area contributed by atoms with Crippen LogP contribution in [0.15, 0.2) is 18.3 Å². The van der Waals surface area contributed by atoms with Crippen LogP contribution in [0.2, 0.25) is 0 Å². The summed E-state index contributed by atoms with van der Waals surface area (Å²) in [5.74, 6) is 0.163. The van der Waals surface area contributed by atoms with Crippen LogP contribution >= 0.6 is 0 Å². The Bertz CT molecular complexity index is 411. The minimum absolute atomic E-state index is 0.0875. The van der Waals surface area contributed by atoms with Crippen LogP contribution in [0.1, 0.15) is 12.0 Å². The molecule has 0 aliphatic carbocycles. The largest absolute Gasteiger partial charge is 0.478 e. The Morgan fingerprint density at radius 1 is 1.47 bits per heavy atom. The van der Waals surface area contributed by atoms with Gasteiger partial charge in [-0.05, 0) is 12.5 Å². The molecule has 0 aromatic carbocycles. The fourth-order valence-electron chi connectivity index (χ4n) is 1.65. The normalized spacial score (nSPS) is 23.6. The molecule has 1 aromatic rings. The van der Waals surface area contributed by atoms with Crippen LogP contribution in [0.4, 0.5) is 13.2 Å². The third kappa shape index (κ3) is 4.05. The summed E-state index contributed by atoms with van der Waals surface area (Å²) >= 11 is 0. The van der Waals surface area contributed by atoms with Gasteiger partial charge < -0.3 is 9.47 Å². The molecule has 2 atom stereocenters. The molecule has 1 unspecified atom stereocenters. The summed E-state index contributed by atoms with van der Waals surface area (Å²) in [4.78, 5) is 3.61. The molecule has 1 saturated heterocycles. The first-order chi connectivity index (χ1) is 8.95. The quantitative estimate of drug-likeness (QED) is 0.862. The molecule has 1 fully saturated rings. The average molecular weight is 277 g/mol. The monoisotopic (exact) mass is 277 g/mol. The number of nitrogens with one attached hydrogen (secondary N) is 1. The van der Waals surface area contributed by atoms with E-state index < -0.39 is 18.1 Å². The molecule has 3 N–H and O–H groups in total. The maximum Gasteiger partial charge on any atom is 0.417 e. The molecule has 8 heteroatoms. The molecule has 106 valence electrons. The summed E-state index contributed by atoms with van der Waals surface area (Å²) in [6.45, 7) is 0.817. The lowest BCUT2D eigenvalue weighted by Gasteiger charge is -2.11. The van der Waals surface area contributed by atoms with Crippen LogP contribution in [0.3, 0.4) is 0 Å². The highest BCUT2D eigenvalue weighted by molar-refractivity contribution is 5.20. The zero-order chi connectivity index (χ0) is 13.9. The van der Waals surface area contributed by atoms with Gasteiger partial charge in [0.1, 0.15) is 0 Å². The highest BCUT2D eigenvalue weighted by atomic mass is 19.4. The Morgan fingerprint density at radius 3 is 2.79 bits per heavy atom. The van der Waals surface area contributed by atoms with Gasteiger partial charge in [-0.2, -0.15) is 13.2 Å². The lowest BCUT2D eigenvalue weighted by molar-refractivity contribution is -0.137. The number of hydrogen-bond acceptors (Lipinski definition) is 5. The number of pyridine rings is 1. The topological polar surface area (TPSA) is 69.4 Å². The van der Waals surface area contributed by atoms with Crippen LogP contribution in [0.25, 0.3) is 0 Å². The van der Waals surface area contributed by atoms with Gasteiger partial charge in [0.15, 0.2) is 6.35 Å². The van der Waals surface area contributed by atoms with Crippen molar-refractivity contribution in [2.24, 2.45) is 5.73 Å². The van der Waals surface area contributed by atoms with Crippen LogP contribution < -0.4 is 15.8 Å². The van der Waals surface area contributed by atoms with Gasteiger partial charge in [0.05, 0.1) is 18.8 Å². The highest BCUT2D eigenvalue weighted by Gasteiger charge is 2.30. The number of rotatable bonds is 4. The molecular formula is C11H14F3N3O2. The van der Waals surface area contributed by atoms with Gasteiger partial charge in [0, 0.05) is 18.3 Å². The minimum Gasteiger partial charge on any atom is -0.478 e. The standard InChI is InChI=1S/C11H14F3N3O2/c12-11(13,14)7-1-2-9(16-5-7)18-4-3-8-6-19-10(15)17-8/h1-2,5,8,10,17H,3-4,6,15H2/t8-,10?/m0/s1. The van der Waals surface area contributed by atoms with Gasteiger partial charge in [-0.25, -0.2) is 4.98 Å². The van der Waals surface area contributed by atoms with Gasteiger partial charge in [-0.15, -0.1) is 0 Å². The Hall–Kier alpha value is -1.38. The molecule has 5 nitrogen and oxygen atoms in total. The van der Waals surface area contributed by atoms with Crippen molar-refractivity contribution in [3.8, 4) is 5.88 Å². The maximum atomic E-state index is 12.3. The number of ether oxygens (including phenoxy) is 2. The second-order valence-electron chi connectivity index (χ2n) is 4.14. The van der Waals surface area contributed by atoms with Gasteiger partial charge in [0.2, 0.25) is 5.88 Å². The van der Waals surface area contributed by atoms with Crippen molar-refractivity contribution in [1.29, 1.82) is 0 Å². The highest BCUT2D eigenvalue weighted by Crippen LogP contribution is 2.29. The van der Waals surface area contributed by atoms with Gasteiger partial charge in [0.25, 0.3) is 0 Å². The van der Waals surface area contributed by atoms with E-state index in [2.05, 4.69) is 10.3 Å². The summed E-state index contributed by atoms with van der Waals surface area (Å²) < 4.78 is 47.2. The van der Waals surface area contributed by atoms with E-state index in [1.54, 1.807) is 0 Å². The number of nitrogens with zero attached hydrogens (tertiary/aromatic N) is 1. The second kappa shape index (κ2) is 5.72. The van der Waals surface area contributed by atoms with E-state index in [-0.39, 0.29) is 11.9 Å². The summed E-state index contributed by atoms with van der Waals surface area (Å²) in [6, 6.07) is 2.23. The number of alkyl halides is 3. The smallest absolute Gasteiger partial charge is 0.417 e. The predicted octanol–water partition coefficient (Wildman–Crippen LogP) is 1.10. The molecule has 0 spiro atoms. The Morgan fingerprint density at radius 2 is 2.26 bits per heavy atom. The van der Waals surface area contributed by atoms with E-state index in [4.69, 9.17) is 15.2 Å². The van der Waals surface area contributed by atoms with Crippen LogP contribution in [0.5, 0.6) is 5.88 Å². The summed E-state index contributed by atoms with van der Waals surface area (Å²) in [5, 5.41) is 2.98. The minimum atomic E-state index is -4.38. The van der Waals surface area contributed by atoms with Gasteiger partial charge in [-0.3, -0.25) is 11.1 Å². The van der Waals surface area contributed by atoms with Crippen LogP contribution in [-0.2, 0) is 10.9 Å².